The molecular weight excluding hydrogens is 450 g/mol. The van der Waals surface area contributed by atoms with Gasteiger partial charge in [0, 0.05) is 23.8 Å². The summed E-state index contributed by atoms with van der Waals surface area (Å²) in [6, 6.07) is 9.47. The lowest BCUT2D eigenvalue weighted by Crippen LogP contribution is -2.42. The summed E-state index contributed by atoms with van der Waals surface area (Å²) >= 11 is 8.82. The lowest BCUT2D eigenvalue weighted by atomic mass is 10.0. The monoisotopic (exact) mass is 473 g/mol. The third-order valence-corrected chi connectivity index (χ3v) is 8.13. The normalized spacial score (nSPS) is 16.4. The predicted molar refractivity (Wildman–Crippen MR) is 129 cm³/mol. The second kappa shape index (κ2) is 9.10. The molecule has 5 nitrogen and oxygen atoms in total. The number of benzene rings is 1. The van der Waals surface area contributed by atoms with E-state index in [9.17, 15) is 9.59 Å². The summed E-state index contributed by atoms with van der Waals surface area (Å²) in [5.41, 5.74) is 2.90. The highest BCUT2D eigenvalue weighted by atomic mass is 35.5. The van der Waals surface area contributed by atoms with Gasteiger partial charge in [0.15, 0.2) is 0 Å². The maximum Gasteiger partial charge on any atom is 0.267 e. The van der Waals surface area contributed by atoms with Gasteiger partial charge in [-0.15, -0.1) is 22.7 Å². The Labute approximate surface area is 195 Å². The fourth-order valence-electron chi connectivity index (χ4n) is 3.82. The molecule has 2 aromatic heterocycles. The van der Waals surface area contributed by atoms with Crippen LogP contribution in [0, 0.1) is 13.8 Å². The Balaban J connectivity index is 1.50. The van der Waals surface area contributed by atoms with Crippen LogP contribution in [0.25, 0.3) is 9.88 Å². The van der Waals surface area contributed by atoms with Crippen molar-refractivity contribution in [2.24, 2.45) is 0 Å². The van der Waals surface area contributed by atoms with Crippen LogP contribution in [-0.4, -0.2) is 34.3 Å². The molecule has 0 saturated carbocycles. The van der Waals surface area contributed by atoms with Crippen LogP contribution in [0.5, 0.6) is 0 Å². The molecule has 1 atom stereocenters. The van der Waals surface area contributed by atoms with E-state index >= 15 is 0 Å². The van der Waals surface area contributed by atoms with E-state index in [0.717, 1.165) is 34.8 Å². The summed E-state index contributed by atoms with van der Waals surface area (Å²) in [6.45, 7) is 6.65. The smallest absolute Gasteiger partial charge is 0.267 e. The van der Waals surface area contributed by atoms with E-state index in [1.165, 1.54) is 29.1 Å². The third kappa shape index (κ3) is 4.68. The molecule has 0 radical (unpaired) electrons. The molecule has 1 aromatic carbocycles. The Kier molecular flexibility index (Phi) is 6.46. The summed E-state index contributed by atoms with van der Waals surface area (Å²) in [6.07, 6.45) is 3.27. The van der Waals surface area contributed by atoms with Gasteiger partial charge in [-0.25, -0.2) is 4.98 Å². The first kappa shape index (κ1) is 22.0. The molecule has 0 spiro atoms. The van der Waals surface area contributed by atoms with Crippen molar-refractivity contribution in [3.8, 4) is 9.88 Å². The highest BCUT2D eigenvalue weighted by Gasteiger charge is 2.25. The first-order valence-electron chi connectivity index (χ1n) is 10.3. The maximum absolute atomic E-state index is 12.9. The highest BCUT2D eigenvalue weighted by molar-refractivity contribution is 7.24. The minimum absolute atomic E-state index is 0.0609. The number of piperidine rings is 1. The highest BCUT2D eigenvalue weighted by Crippen LogP contribution is 2.35. The Morgan fingerprint density at radius 1 is 1.16 bits per heavy atom. The zero-order valence-electron chi connectivity index (χ0n) is 17.7. The number of rotatable bonds is 4. The van der Waals surface area contributed by atoms with Crippen molar-refractivity contribution in [3.63, 3.8) is 0 Å². The van der Waals surface area contributed by atoms with Gasteiger partial charge in [0.05, 0.1) is 14.9 Å². The van der Waals surface area contributed by atoms with Gasteiger partial charge in [0.2, 0.25) is 0 Å². The van der Waals surface area contributed by atoms with Crippen LogP contribution in [0.3, 0.4) is 0 Å². The standard InChI is InChI=1S/C23H24ClN3O2S2/c1-13-12-16(23(29)27-11-5-4-6-14(27)2)7-8-17(13)26-21(28)20-15(3)25-22(31-20)18-9-10-19(24)30-18/h7-10,12,14H,4-6,11H2,1-3H3,(H,26,28). The van der Waals surface area contributed by atoms with Gasteiger partial charge in [-0.05, 0) is 75.9 Å². The molecule has 162 valence electrons. The molecule has 2 amide bonds. The molecule has 1 fully saturated rings. The van der Waals surface area contributed by atoms with Gasteiger partial charge in [0.25, 0.3) is 11.8 Å². The number of anilines is 1. The Morgan fingerprint density at radius 2 is 1.97 bits per heavy atom. The summed E-state index contributed by atoms with van der Waals surface area (Å²) in [4.78, 5) is 33.8. The number of carbonyl (C=O) groups excluding carboxylic acids is 2. The van der Waals surface area contributed by atoms with Gasteiger partial charge in [-0.3, -0.25) is 9.59 Å². The molecule has 3 heterocycles. The fraction of sp³-hybridized carbons (Fsp3) is 0.348. The first-order chi connectivity index (χ1) is 14.8. The Morgan fingerprint density at radius 3 is 2.65 bits per heavy atom. The van der Waals surface area contributed by atoms with Crippen LogP contribution in [0.4, 0.5) is 5.69 Å². The number of aromatic nitrogens is 1. The molecule has 3 aromatic rings. The van der Waals surface area contributed by atoms with Gasteiger partial charge in [-0.2, -0.15) is 0 Å². The number of amides is 2. The molecule has 4 rings (SSSR count). The number of nitrogens with zero attached hydrogens (tertiary/aromatic N) is 2. The minimum atomic E-state index is -0.198. The van der Waals surface area contributed by atoms with Crippen LogP contribution < -0.4 is 5.32 Å². The lowest BCUT2D eigenvalue weighted by Gasteiger charge is -2.33. The van der Waals surface area contributed by atoms with Crippen molar-refractivity contribution >= 4 is 51.8 Å². The second-order valence-corrected chi connectivity index (χ2v) is 10.6. The SMILES string of the molecule is Cc1cc(C(=O)N2CCCCC2C)ccc1NC(=O)c1sc(-c2ccc(Cl)s2)nc1C. The number of carbonyl (C=O) groups is 2. The number of halogens is 1. The van der Waals surface area contributed by atoms with Crippen LogP contribution in [0.1, 0.15) is 57.5 Å². The van der Waals surface area contributed by atoms with Gasteiger partial charge in [0.1, 0.15) is 9.88 Å². The van der Waals surface area contributed by atoms with Gasteiger partial charge in [-0.1, -0.05) is 11.6 Å². The zero-order valence-corrected chi connectivity index (χ0v) is 20.1. The maximum atomic E-state index is 12.9. The summed E-state index contributed by atoms with van der Waals surface area (Å²) in [7, 11) is 0. The average Bonchev–Trinajstić information content (AvgIpc) is 3.35. The number of likely N-dealkylation sites (tertiary alicyclic amines) is 1. The minimum Gasteiger partial charge on any atom is -0.336 e. The van der Waals surface area contributed by atoms with E-state index in [1.54, 1.807) is 6.07 Å². The molecule has 1 saturated heterocycles. The Bertz CT molecular complexity index is 1140. The zero-order chi connectivity index (χ0) is 22.1. The van der Waals surface area contributed by atoms with E-state index in [2.05, 4.69) is 17.2 Å². The van der Waals surface area contributed by atoms with Gasteiger partial charge >= 0.3 is 0 Å². The van der Waals surface area contributed by atoms with Crippen molar-refractivity contribution in [1.82, 2.24) is 9.88 Å². The number of hydrogen-bond acceptors (Lipinski definition) is 5. The predicted octanol–water partition coefficient (Wildman–Crippen LogP) is 6.41. The molecular formula is C23H24ClN3O2S2. The largest absolute Gasteiger partial charge is 0.336 e. The second-order valence-electron chi connectivity index (χ2n) is 7.86. The van der Waals surface area contributed by atoms with E-state index in [4.69, 9.17) is 11.6 Å². The van der Waals surface area contributed by atoms with E-state index in [1.807, 2.05) is 43.0 Å². The quantitative estimate of drug-likeness (QED) is 0.476. The number of aryl methyl sites for hydroxylation is 2. The van der Waals surface area contributed by atoms with E-state index < -0.39 is 0 Å². The molecule has 1 aliphatic heterocycles. The van der Waals surface area contributed by atoms with Crippen LogP contribution in [0.15, 0.2) is 30.3 Å². The topological polar surface area (TPSA) is 62.3 Å². The van der Waals surface area contributed by atoms with Gasteiger partial charge < -0.3 is 10.2 Å². The van der Waals surface area contributed by atoms with Crippen molar-refractivity contribution < 1.29 is 9.59 Å². The summed E-state index contributed by atoms with van der Waals surface area (Å²) < 4.78 is 0.693. The van der Waals surface area contributed by atoms with E-state index in [-0.39, 0.29) is 17.9 Å². The molecule has 0 aliphatic carbocycles. The molecule has 0 bridgehead atoms. The number of nitrogens with one attached hydrogen (secondary N) is 1. The van der Waals surface area contributed by atoms with Crippen molar-refractivity contribution in [2.75, 3.05) is 11.9 Å². The van der Waals surface area contributed by atoms with Crippen LogP contribution in [0.2, 0.25) is 4.34 Å². The van der Waals surface area contributed by atoms with Crippen molar-refractivity contribution in [1.29, 1.82) is 0 Å². The van der Waals surface area contributed by atoms with Crippen molar-refractivity contribution in [3.05, 3.63) is 56.4 Å². The fourth-order valence-corrected chi connectivity index (χ4v) is 5.88. The Hall–Kier alpha value is -2.22. The lowest BCUT2D eigenvalue weighted by molar-refractivity contribution is 0.0635. The van der Waals surface area contributed by atoms with Crippen molar-refractivity contribution in [2.45, 2.75) is 46.1 Å². The molecule has 31 heavy (non-hydrogen) atoms. The summed E-state index contributed by atoms with van der Waals surface area (Å²) in [5.74, 6) is -0.138. The third-order valence-electron chi connectivity index (χ3n) is 5.57. The molecule has 1 aliphatic rings. The number of thiazole rings is 1. The summed E-state index contributed by atoms with van der Waals surface area (Å²) in [5, 5.41) is 3.76. The van der Waals surface area contributed by atoms with Crippen LogP contribution in [-0.2, 0) is 0 Å². The number of thiophene rings is 1. The average molecular weight is 474 g/mol. The number of hydrogen-bond donors (Lipinski definition) is 1. The molecule has 1 N–H and O–H groups in total. The first-order valence-corrected chi connectivity index (χ1v) is 12.3. The van der Waals surface area contributed by atoms with Crippen LogP contribution >= 0.6 is 34.3 Å². The van der Waals surface area contributed by atoms with E-state index in [0.29, 0.717) is 26.2 Å². The molecule has 8 heteroatoms. The molecule has 1 unspecified atom stereocenters.